The number of rotatable bonds is 4. The maximum absolute atomic E-state index is 12.6. The van der Waals surface area contributed by atoms with Gasteiger partial charge in [0, 0.05) is 25.1 Å². The normalized spacial score (nSPS) is 11.4. The molecule has 3 aromatic rings. The minimum atomic E-state index is -0.0525. The molecule has 0 bridgehead atoms. The smallest absolute Gasteiger partial charge is 0.295 e. The van der Waals surface area contributed by atoms with E-state index in [0.29, 0.717) is 12.0 Å². The maximum atomic E-state index is 12.6. The monoisotopic (exact) mass is 322 g/mol. The number of benzene rings is 2. The Hall–Kier alpha value is -2.62. The summed E-state index contributed by atoms with van der Waals surface area (Å²) in [4.78, 5) is 25.0. The summed E-state index contributed by atoms with van der Waals surface area (Å²) in [6.07, 6.45) is 0.367. The number of carbonyl (C=O) groups is 1. The van der Waals surface area contributed by atoms with Crippen LogP contribution in [0.5, 0.6) is 0 Å². The predicted molar refractivity (Wildman–Crippen MR) is 96.8 cm³/mol. The summed E-state index contributed by atoms with van der Waals surface area (Å²) < 4.78 is 3.36. The number of aryl methyl sites for hydroxylation is 2. The van der Waals surface area contributed by atoms with Crippen molar-refractivity contribution < 1.29 is 4.79 Å². The number of carbonyl (C=O) groups excluding carboxylic acids is 1. The number of imidazole rings is 1. The molecule has 0 spiro atoms. The molecule has 124 valence electrons. The lowest BCUT2D eigenvalue weighted by atomic mass is 10.0. The van der Waals surface area contributed by atoms with Gasteiger partial charge in [0.25, 0.3) is 0 Å². The van der Waals surface area contributed by atoms with Gasteiger partial charge in [0.2, 0.25) is 0 Å². The lowest BCUT2D eigenvalue weighted by Crippen LogP contribution is -2.23. The van der Waals surface area contributed by atoms with Gasteiger partial charge in [0.15, 0.2) is 5.78 Å². The van der Waals surface area contributed by atoms with Gasteiger partial charge in [-0.2, -0.15) is 0 Å². The first kappa shape index (κ1) is 16.2. The van der Waals surface area contributed by atoms with Crippen LogP contribution >= 0.6 is 0 Å². The fraction of sp³-hybridized carbons (Fsp3) is 0.300. The molecule has 0 amide bonds. The molecule has 0 aliphatic heterocycles. The Morgan fingerprint density at radius 3 is 2.50 bits per heavy atom. The molecule has 0 aliphatic carbocycles. The van der Waals surface area contributed by atoms with E-state index in [1.165, 1.54) is 0 Å². The molecule has 1 aromatic heterocycles. The number of fused-ring (bicyclic) bond motifs is 1. The van der Waals surface area contributed by atoms with Crippen molar-refractivity contribution >= 4 is 16.8 Å². The topological polar surface area (TPSA) is 44.0 Å². The molecule has 4 heteroatoms. The fourth-order valence-electron chi connectivity index (χ4n) is 3.15. The molecule has 0 saturated carbocycles. The maximum Gasteiger partial charge on any atom is 0.329 e. The molecule has 0 unspecified atom stereocenters. The van der Waals surface area contributed by atoms with Gasteiger partial charge in [0.1, 0.15) is 0 Å². The van der Waals surface area contributed by atoms with E-state index < -0.39 is 0 Å². The molecule has 0 fully saturated rings. The Morgan fingerprint density at radius 1 is 1.08 bits per heavy atom. The average Bonchev–Trinajstić information content (AvgIpc) is 2.78. The minimum absolute atomic E-state index is 0.0525. The second kappa shape index (κ2) is 6.11. The van der Waals surface area contributed by atoms with E-state index >= 15 is 0 Å². The summed E-state index contributed by atoms with van der Waals surface area (Å²) in [7, 11) is 1.75. The Balaban J connectivity index is 2.00. The van der Waals surface area contributed by atoms with Gasteiger partial charge in [-0.25, -0.2) is 4.79 Å². The number of Topliss-reactive ketones (excluding diaryl/α,β-unsaturated/α-hetero) is 1. The molecule has 2 aromatic carbocycles. The van der Waals surface area contributed by atoms with Crippen LogP contribution in [-0.4, -0.2) is 14.9 Å². The highest BCUT2D eigenvalue weighted by Gasteiger charge is 2.15. The summed E-state index contributed by atoms with van der Waals surface area (Å²) in [5.41, 5.74) is 4.40. The number of ketones is 1. The molecule has 24 heavy (non-hydrogen) atoms. The first-order chi connectivity index (χ1) is 11.4. The summed E-state index contributed by atoms with van der Waals surface area (Å²) >= 11 is 0. The van der Waals surface area contributed by atoms with Crippen molar-refractivity contribution in [1.29, 1.82) is 0 Å². The van der Waals surface area contributed by atoms with Gasteiger partial charge in [-0.3, -0.25) is 13.9 Å². The highest BCUT2D eigenvalue weighted by Crippen LogP contribution is 2.19. The molecule has 3 rings (SSSR count). The molecule has 0 atom stereocenters. The van der Waals surface area contributed by atoms with Crippen LogP contribution in [0.25, 0.3) is 11.0 Å². The summed E-state index contributed by atoms with van der Waals surface area (Å²) in [6.45, 7) is 5.99. The average molecular weight is 322 g/mol. The second-order valence-electron chi connectivity index (χ2n) is 6.60. The van der Waals surface area contributed by atoms with Crippen LogP contribution in [0.4, 0.5) is 0 Å². The standard InChI is InChI=1S/C20H22N2O2/c1-13(2)22-17-9-8-16(12-18(17)21(4)20(22)24)19(23)11-15-7-5-6-14(3)10-15/h5-10,12-13H,11H2,1-4H3. The van der Waals surface area contributed by atoms with Crippen molar-refractivity contribution in [3.8, 4) is 0 Å². The zero-order chi connectivity index (χ0) is 17.4. The Morgan fingerprint density at radius 2 is 1.83 bits per heavy atom. The van der Waals surface area contributed by atoms with Crippen molar-refractivity contribution in [2.75, 3.05) is 0 Å². The first-order valence-electron chi connectivity index (χ1n) is 8.18. The fourth-order valence-corrected chi connectivity index (χ4v) is 3.15. The zero-order valence-corrected chi connectivity index (χ0v) is 14.5. The van der Waals surface area contributed by atoms with Gasteiger partial charge >= 0.3 is 5.69 Å². The summed E-state index contributed by atoms with van der Waals surface area (Å²) in [6, 6.07) is 13.6. The van der Waals surface area contributed by atoms with Crippen molar-refractivity contribution in [1.82, 2.24) is 9.13 Å². The highest BCUT2D eigenvalue weighted by atomic mass is 16.1. The third-order valence-electron chi connectivity index (χ3n) is 4.37. The van der Waals surface area contributed by atoms with E-state index in [9.17, 15) is 9.59 Å². The molecular formula is C20H22N2O2. The Bertz CT molecular complexity index is 977. The first-order valence-corrected chi connectivity index (χ1v) is 8.18. The van der Waals surface area contributed by atoms with Gasteiger partial charge in [0.05, 0.1) is 11.0 Å². The molecule has 0 aliphatic rings. The van der Waals surface area contributed by atoms with E-state index in [-0.39, 0.29) is 17.5 Å². The summed E-state index contributed by atoms with van der Waals surface area (Å²) in [5, 5.41) is 0. The predicted octanol–water partition coefficient (Wildman–Crippen LogP) is 3.65. The van der Waals surface area contributed by atoms with Crippen molar-refractivity contribution in [2.45, 2.75) is 33.2 Å². The van der Waals surface area contributed by atoms with Crippen LogP contribution in [0.1, 0.15) is 41.4 Å². The van der Waals surface area contributed by atoms with E-state index in [2.05, 4.69) is 0 Å². The molecule has 0 saturated heterocycles. The van der Waals surface area contributed by atoms with Crippen LogP contribution in [0.15, 0.2) is 47.3 Å². The van der Waals surface area contributed by atoms with Gasteiger partial charge in [-0.05, 0) is 44.5 Å². The van der Waals surface area contributed by atoms with E-state index in [1.54, 1.807) is 16.2 Å². The van der Waals surface area contributed by atoms with E-state index in [1.807, 2.05) is 63.2 Å². The Labute approximate surface area is 141 Å². The van der Waals surface area contributed by atoms with Crippen molar-refractivity contribution in [2.24, 2.45) is 7.05 Å². The van der Waals surface area contributed by atoms with Crippen LogP contribution < -0.4 is 5.69 Å². The van der Waals surface area contributed by atoms with Gasteiger partial charge in [-0.15, -0.1) is 0 Å². The van der Waals surface area contributed by atoms with Crippen molar-refractivity contribution in [3.63, 3.8) is 0 Å². The van der Waals surface area contributed by atoms with Crippen LogP contribution in [0, 0.1) is 6.92 Å². The molecule has 4 nitrogen and oxygen atoms in total. The lowest BCUT2D eigenvalue weighted by molar-refractivity contribution is 0.0993. The van der Waals surface area contributed by atoms with Gasteiger partial charge in [-0.1, -0.05) is 29.8 Å². The van der Waals surface area contributed by atoms with E-state index in [0.717, 1.165) is 22.2 Å². The SMILES string of the molecule is Cc1cccc(CC(=O)c2ccc3c(c2)n(C)c(=O)n3C(C)C)c1. The summed E-state index contributed by atoms with van der Waals surface area (Å²) in [5.74, 6) is 0.0623. The second-order valence-corrected chi connectivity index (χ2v) is 6.60. The van der Waals surface area contributed by atoms with Gasteiger partial charge < -0.3 is 0 Å². The minimum Gasteiger partial charge on any atom is -0.295 e. The van der Waals surface area contributed by atoms with Crippen LogP contribution in [0.3, 0.4) is 0 Å². The molecule has 1 heterocycles. The number of nitrogens with zero attached hydrogens (tertiary/aromatic N) is 2. The quantitative estimate of drug-likeness (QED) is 0.688. The number of hydrogen-bond donors (Lipinski definition) is 0. The Kier molecular flexibility index (Phi) is 4.14. The van der Waals surface area contributed by atoms with Crippen molar-refractivity contribution in [3.05, 3.63) is 69.6 Å². The molecule has 0 N–H and O–H groups in total. The lowest BCUT2D eigenvalue weighted by Gasteiger charge is -2.07. The van der Waals surface area contributed by atoms with E-state index in [4.69, 9.17) is 0 Å². The number of aromatic nitrogens is 2. The highest BCUT2D eigenvalue weighted by molar-refractivity contribution is 6.00. The molecule has 0 radical (unpaired) electrons. The van der Waals surface area contributed by atoms with Crippen LogP contribution in [0.2, 0.25) is 0 Å². The van der Waals surface area contributed by atoms with Crippen LogP contribution in [-0.2, 0) is 13.5 Å². The molecular weight excluding hydrogens is 300 g/mol. The largest absolute Gasteiger partial charge is 0.329 e. The number of hydrogen-bond acceptors (Lipinski definition) is 2. The third kappa shape index (κ3) is 2.80. The third-order valence-corrected chi connectivity index (χ3v) is 4.37. The zero-order valence-electron chi connectivity index (χ0n) is 14.5.